The Labute approximate surface area is 196 Å². The quantitative estimate of drug-likeness (QED) is 0.350. The summed E-state index contributed by atoms with van der Waals surface area (Å²) in [6.07, 6.45) is 2.98. The van der Waals surface area contributed by atoms with Gasteiger partial charge in [0, 0.05) is 11.3 Å². The minimum Gasteiger partial charge on any atom is -0.478 e. The highest BCUT2D eigenvalue weighted by Gasteiger charge is 2.19. The SMILES string of the molecule is CCCCc1cc(-n2c(C)nc3cccc(C(=O)O)c32)ccc1-c1ccccc1-c1nn[nH]n1. The van der Waals surface area contributed by atoms with Crippen molar-refractivity contribution in [3.63, 3.8) is 0 Å². The van der Waals surface area contributed by atoms with Crippen molar-refractivity contribution in [1.29, 1.82) is 0 Å². The van der Waals surface area contributed by atoms with Crippen molar-refractivity contribution in [3.8, 4) is 28.2 Å². The lowest BCUT2D eigenvalue weighted by atomic mass is 9.92. The Hall–Kier alpha value is -4.33. The number of benzene rings is 3. The summed E-state index contributed by atoms with van der Waals surface area (Å²) in [5, 5.41) is 24.4. The number of hydrogen-bond acceptors (Lipinski definition) is 5. The van der Waals surface area contributed by atoms with Crippen LogP contribution in [0.5, 0.6) is 0 Å². The first-order valence-corrected chi connectivity index (χ1v) is 11.3. The number of carboxylic acids is 1. The van der Waals surface area contributed by atoms with Crippen molar-refractivity contribution in [2.75, 3.05) is 0 Å². The third-order valence-corrected chi connectivity index (χ3v) is 6.02. The molecule has 5 rings (SSSR count). The zero-order valence-corrected chi connectivity index (χ0v) is 19.0. The number of H-pyrrole nitrogens is 1. The molecule has 0 aliphatic heterocycles. The summed E-state index contributed by atoms with van der Waals surface area (Å²) < 4.78 is 1.93. The molecule has 0 atom stereocenters. The van der Waals surface area contributed by atoms with Crippen molar-refractivity contribution in [2.45, 2.75) is 33.1 Å². The molecule has 0 saturated heterocycles. The van der Waals surface area contributed by atoms with Gasteiger partial charge in [-0.05, 0) is 65.9 Å². The Morgan fingerprint density at radius 3 is 2.59 bits per heavy atom. The van der Waals surface area contributed by atoms with Crippen LogP contribution >= 0.6 is 0 Å². The summed E-state index contributed by atoms with van der Waals surface area (Å²) in [6, 6.07) is 19.5. The zero-order valence-electron chi connectivity index (χ0n) is 19.0. The Bertz CT molecular complexity index is 1490. The average molecular weight is 453 g/mol. The van der Waals surface area contributed by atoms with Crippen molar-refractivity contribution < 1.29 is 9.90 Å². The van der Waals surface area contributed by atoms with Crippen LogP contribution in [0.15, 0.2) is 60.7 Å². The number of aromatic amines is 1. The minimum atomic E-state index is -0.969. The van der Waals surface area contributed by atoms with E-state index in [1.165, 1.54) is 5.56 Å². The van der Waals surface area contributed by atoms with Gasteiger partial charge in [-0.2, -0.15) is 5.21 Å². The van der Waals surface area contributed by atoms with E-state index in [1.54, 1.807) is 12.1 Å². The predicted octanol–water partition coefficient (Wildman–Crippen LogP) is 5.22. The molecule has 2 N–H and O–H groups in total. The Kier molecular flexibility index (Phi) is 5.63. The van der Waals surface area contributed by atoms with Gasteiger partial charge in [0.1, 0.15) is 5.82 Å². The molecule has 0 saturated carbocycles. The van der Waals surface area contributed by atoms with Gasteiger partial charge in [-0.1, -0.05) is 49.7 Å². The van der Waals surface area contributed by atoms with Crippen LogP contribution in [0.1, 0.15) is 41.5 Å². The van der Waals surface area contributed by atoms with Gasteiger partial charge in [0.05, 0.1) is 16.6 Å². The molecular formula is C26H24N6O2. The molecule has 3 aromatic carbocycles. The standard InChI is InChI=1S/C26H24N6O2/c1-3-4-8-17-15-18(32-16(2)27-23-12-7-11-22(24(23)32)26(33)34)13-14-19(17)20-9-5-6-10-21(20)25-28-30-31-29-25/h5-7,9-15H,3-4,8H2,1-2H3,(H,33,34)(H,28,29,30,31). The summed E-state index contributed by atoms with van der Waals surface area (Å²) >= 11 is 0. The molecule has 0 fully saturated rings. The van der Waals surface area contributed by atoms with E-state index in [1.807, 2.05) is 41.8 Å². The molecule has 0 unspecified atom stereocenters. The lowest BCUT2D eigenvalue weighted by Gasteiger charge is -2.16. The van der Waals surface area contributed by atoms with Crippen molar-refractivity contribution in [2.24, 2.45) is 0 Å². The van der Waals surface area contributed by atoms with Gasteiger partial charge in [-0.3, -0.25) is 4.57 Å². The first-order chi connectivity index (χ1) is 16.6. The summed E-state index contributed by atoms with van der Waals surface area (Å²) in [6.45, 7) is 4.07. The van der Waals surface area contributed by atoms with Gasteiger partial charge < -0.3 is 5.11 Å². The minimum absolute atomic E-state index is 0.236. The predicted molar refractivity (Wildman–Crippen MR) is 130 cm³/mol. The fourth-order valence-corrected chi connectivity index (χ4v) is 4.48. The van der Waals surface area contributed by atoms with E-state index in [-0.39, 0.29) is 5.56 Å². The lowest BCUT2D eigenvalue weighted by Crippen LogP contribution is -2.04. The number of carboxylic acid groups (broad SMARTS) is 1. The molecule has 0 radical (unpaired) electrons. The Morgan fingerprint density at radius 1 is 1.03 bits per heavy atom. The molecule has 5 aromatic rings. The van der Waals surface area contributed by atoms with Crippen LogP contribution in [0.25, 0.3) is 39.2 Å². The normalized spacial score (nSPS) is 11.2. The second kappa shape index (κ2) is 8.90. The number of unbranched alkanes of at least 4 members (excludes halogenated alkanes) is 1. The topological polar surface area (TPSA) is 110 Å². The monoisotopic (exact) mass is 452 g/mol. The first-order valence-electron chi connectivity index (χ1n) is 11.3. The largest absolute Gasteiger partial charge is 0.478 e. The highest BCUT2D eigenvalue weighted by molar-refractivity contribution is 6.02. The number of imidazole rings is 1. The van der Waals surface area contributed by atoms with E-state index < -0.39 is 5.97 Å². The smallest absolute Gasteiger partial charge is 0.337 e. The van der Waals surface area contributed by atoms with Gasteiger partial charge in [0.15, 0.2) is 0 Å². The molecule has 34 heavy (non-hydrogen) atoms. The third kappa shape index (κ3) is 3.73. The van der Waals surface area contributed by atoms with E-state index in [4.69, 9.17) is 0 Å². The van der Waals surface area contributed by atoms with E-state index in [2.05, 4.69) is 50.7 Å². The number of aromatic nitrogens is 6. The maximum Gasteiger partial charge on any atom is 0.337 e. The van der Waals surface area contributed by atoms with Crippen molar-refractivity contribution in [1.82, 2.24) is 30.2 Å². The molecule has 0 bridgehead atoms. The molecule has 0 aliphatic carbocycles. The van der Waals surface area contributed by atoms with Crippen LogP contribution in [0.4, 0.5) is 0 Å². The van der Waals surface area contributed by atoms with Crippen LogP contribution in [0.2, 0.25) is 0 Å². The first kappa shape index (κ1) is 21.5. The second-order valence-corrected chi connectivity index (χ2v) is 8.20. The van der Waals surface area contributed by atoms with E-state index >= 15 is 0 Å². The second-order valence-electron chi connectivity index (χ2n) is 8.20. The van der Waals surface area contributed by atoms with Crippen LogP contribution in [-0.2, 0) is 6.42 Å². The molecule has 170 valence electrons. The van der Waals surface area contributed by atoms with E-state index in [9.17, 15) is 9.90 Å². The summed E-state index contributed by atoms with van der Waals surface area (Å²) in [5.74, 6) is 0.317. The fourth-order valence-electron chi connectivity index (χ4n) is 4.48. The fraction of sp³-hybridized carbons (Fsp3) is 0.192. The number of fused-ring (bicyclic) bond motifs is 1. The zero-order chi connectivity index (χ0) is 23.7. The third-order valence-electron chi connectivity index (χ3n) is 6.02. The molecule has 0 aliphatic rings. The number of para-hydroxylation sites is 1. The van der Waals surface area contributed by atoms with Crippen LogP contribution in [0, 0.1) is 6.92 Å². The summed E-state index contributed by atoms with van der Waals surface area (Å²) in [7, 11) is 0. The van der Waals surface area contributed by atoms with Crippen LogP contribution in [-0.4, -0.2) is 41.3 Å². The highest BCUT2D eigenvalue weighted by Crippen LogP contribution is 2.35. The summed E-state index contributed by atoms with van der Waals surface area (Å²) in [5.41, 5.74) is 6.59. The van der Waals surface area contributed by atoms with Gasteiger partial charge in [-0.25, -0.2) is 9.78 Å². The number of hydrogen-bond donors (Lipinski definition) is 2. The number of tetrazole rings is 1. The number of nitrogens with one attached hydrogen (secondary N) is 1. The highest BCUT2D eigenvalue weighted by atomic mass is 16.4. The molecular weight excluding hydrogens is 428 g/mol. The van der Waals surface area contributed by atoms with Gasteiger partial charge in [-0.15, -0.1) is 10.2 Å². The molecule has 2 heterocycles. The number of carbonyl (C=O) groups is 1. The van der Waals surface area contributed by atoms with Crippen molar-refractivity contribution >= 4 is 17.0 Å². The number of aromatic carboxylic acids is 1. The maximum absolute atomic E-state index is 11.9. The Balaban J connectivity index is 1.71. The molecule has 2 aromatic heterocycles. The van der Waals surface area contributed by atoms with Crippen LogP contribution < -0.4 is 0 Å². The summed E-state index contributed by atoms with van der Waals surface area (Å²) in [4.78, 5) is 16.6. The van der Waals surface area contributed by atoms with E-state index in [0.717, 1.165) is 47.5 Å². The van der Waals surface area contributed by atoms with Gasteiger partial charge >= 0.3 is 5.97 Å². The van der Waals surface area contributed by atoms with E-state index in [0.29, 0.717) is 16.9 Å². The van der Waals surface area contributed by atoms with Gasteiger partial charge in [0.2, 0.25) is 5.82 Å². The van der Waals surface area contributed by atoms with Gasteiger partial charge in [0.25, 0.3) is 0 Å². The molecule has 0 spiro atoms. The molecule has 8 nitrogen and oxygen atoms in total. The van der Waals surface area contributed by atoms with Crippen molar-refractivity contribution in [3.05, 3.63) is 77.6 Å². The molecule has 0 amide bonds. The van der Waals surface area contributed by atoms with Crippen LogP contribution in [0.3, 0.4) is 0 Å². The average Bonchev–Trinajstić information content (AvgIpc) is 3.50. The number of rotatable bonds is 7. The number of aryl methyl sites for hydroxylation is 2. The Morgan fingerprint density at radius 2 is 1.85 bits per heavy atom. The lowest BCUT2D eigenvalue weighted by molar-refractivity contribution is 0.0698. The molecule has 8 heteroatoms. The maximum atomic E-state index is 11.9. The number of nitrogens with zero attached hydrogens (tertiary/aromatic N) is 5.